The molecule has 0 spiro atoms. The fraction of sp³-hybridized carbons (Fsp3) is 0.100. The summed E-state index contributed by atoms with van der Waals surface area (Å²) in [6.07, 6.45) is 2.98. The maximum Gasteiger partial charge on any atom is 0.221 e. The summed E-state index contributed by atoms with van der Waals surface area (Å²) in [6, 6.07) is 3.58. The van der Waals surface area contributed by atoms with Gasteiger partial charge in [-0.1, -0.05) is 12.2 Å². The molecule has 3 N–H and O–H groups in total. The fourth-order valence-corrected chi connectivity index (χ4v) is 0.961. The van der Waals surface area contributed by atoms with Crippen molar-refractivity contribution in [2.24, 2.45) is 5.73 Å². The van der Waals surface area contributed by atoms with Crippen LogP contribution in [0.1, 0.15) is 12.0 Å². The van der Waals surface area contributed by atoms with E-state index in [0.717, 1.165) is 6.07 Å². The van der Waals surface area contributed by atoms with Gasteiger partial charge in [0.2, 0.25) is 5.91 Å². The van der Waals surface area contributed by atoms with Crippen LogP contribution in [0, 0.1) is 5.82 Å². The Hall–Kier alpha value is -1.84. The van der Waals surface area contributed by atoms with Gasteiger partial charge in [0.15, 0.2) is 0 Å². The molecule has 0 aliphatic carbocycles. The first kappa shape index (κ1) is 10.2. The lowest BCUT2D eigenvalue weighted by Gasteiger charge is -1.97. The minimum Gasteiger partial charge on any atom is -0.507 e. The predicted octanol–water partition coefficient (Wildman–Crippen LogP) is 1.42. The van der Waals surface area contributed by atoms with Gasteiger partial charge in [0.1, 0.15) is 11.6 Å². The van der Waals surface area contributed by atoms with Crippen LogP contribution in [0.4, 0.5) is 4.39 Å². The first-order valence-electron chi connectivity index (χ1n) is 4.03. The van der Waals surface area contributed by atoms with E-state index in [4.69, 9.17) is 5.73 Å². The quantitative estimate of drug-likeness (QED) is 0.766. The van der Waals surface area contributed by atoms with Crippen molar-refractivity contribution in [3.8, 4) is 5.75 Å². The molecular weight excluding hydrogens is 185 g/mol. The fourth-order valence-electron chi connectivity index (χ4n) is 0.961. The molecule has 1 aromatic rings. The second-order valence-corrected chi connectivity index (χ2v) is 2.78. The molecule has 0 heterocycles. The van der Waals surface area contributed by atoms with Gasteiger partial charge in [-0.3, -0.25) is 4.79 Å². The molecule has 0 fully saturated rings. The van der Waals surface area contributed by atoms with Crippen molar-refractivity contribution in [2.45, 2.75) is 6.42 Å². The predicted molar refractivity (Wildman–Crippen MR) is 50.9 cm³/mol. The minimum absolute atomic E-state index is 0.0351. The van der Waals surface area contributed by atoms with Crippen molar-refractivity contribution in [1.29, 1.82) is 0 Å². The van der Waals surface area contributed by atoms with E-state index in [1.165, 1.54) is 24.3 Å². The third kappa shape index (κ3) is 2.90. The van der Waals surface area contributed by atoms with Crippen LogP contribution < -0.4 is 5.73 Å². The molecule has 0 radical (unpaired) electrons. The van der Waals surface area contributed by atoms with E-state index in [1.807, 2.05) is 0 Å². The molecule has 3 nitrogen and oxygen atoms in total. The molecule has 14 heavy (non-hydrogen) atoms. The summed E-state index contributed by atoms with van der Waals surface area (Å²) in [6.45, 7) is 0. The first-order valence-corrected chi connectivity index (χ1v) is 4.03. The SMILES string of the molecule is NC(=O)CC=Cc1cc(F)ccc1O. The van der Waals surface area contributed by atoms with E-state index in [1.54, 1.807) is 0 Å². The number of nitrogens with two attached hydrogens (primary N) is 1. The molecule has 0 saturated heterocycles. The number of carbonyl (C=O) groups excluding carboxylic acids is 1. The summed E-state index contributed by atoms with van der Waals surface area (Å²) in [4.78, 5) is 10.4. The van der Waals surface area contributed by atoms with Crippen LogP contribution in [-0.4, -0.2) is 11.0 Å². The maximum atomic E-state index is 12.7. The summed E-state index contributed by atoms with van der Waals surface area (Å²) < 4.78 is 12.7. The zero-order valence-electron chi connectivity index (χ0n) is 7.40. The van der Waals surface area contributed by atoms with Gasteiger partial charge in [-0.05, 0) is 18.2 Å². The van der Waals surface area contributed by atoms with Gasteiger partial charge < -0.3 is 10.8 Å². The van der Waals surface area contributed by atoms with Crippen molar-refractivity contribution in [3.63, 3.8) is 0 Å². The smallest absolute Gasteiger partial charge is 0.221 e. The van der Waals surface area contributed by atoms with E-state index in [0.29, 0.717) is 5.56 Å². The third-order valence-corrected chi connectivity index (χ3v) is 1.61. The van der Waals surface area contributed by atoms with Gasteiger partial charge in [0, 0.05) is 12.0 Å². The van der Waals surface area contributed by atoms with Crippen LogP contribution in [0.2, 0.25) is 0 Å². The molecule has 0 aliphatic rings. The number of phenolic OH excluding ortho intramolecular Hbond substituents is 1. The topological polar surface area (TPSA) is 63.3 Å². The van der Waals surface area contributed by atoms with Crippen LogP contribution >= 0.6 is 0 Å². The van der Waals surface area contributed by atoms with Crippen molar-refractivity contribution in [1.82, 2.24) is 0 Å². The molecule has 0 bridgehead atoms. The summed E-state index contributed by atoms with van der Waals surface area (Å²) in [5.41, 5.74) is 5.22. The number of primary amides is 1. The average molecular weight is 195 g/mol. The van der Waals surface area contributed by atoms with E-state index in [2.05, 4.69) is 0 Å². The molecule has 0 atom stereocenters. The zero-order chi connectivity index (χ0) is 10.6. The third-order valence-electron chi connectivity index (χ3n) is 1.61. The van der Waals surface area contributed by atoms with Crippen LogP contribution in [0.25, 0.3) is 6.08 Å². The van der Waals surface area contributed by atoms with Gasteiger partial charge >= 0.3 is 0 Å². The van der Waals surface area contributed by atoms with E-state index < -0.39 is 11.7 Å². The van der Waals surface area contributed by atoms with E-state index in [-0.39, 0.29) is 12.2 Å². The number of amides is 1. The highest BCUT2D eigenvalue weighted by molar-refractivity contribution is 5.76. The first-order chi connectivity index (χ1) is 6.59. The number of rotatable bonds is 3. The highest BCUT2D eigenvalue weighted by Gasteiger charge is 1.98. The summed E-state index contributed by atoms with van der Waals surface area (Å²) in [5.74, 6) is -0.953. The average Bonchev–Trinajstić information content (AvgIpc) is 2.10. The number of aromatic hydroxyl groups is 1. The second-order valence-electron chi connectivity index (χ2n) is 2.78. The number of phenols is 1. The van der Waals surface area contributed by atoms with Crippen molar-refractivity contribution < 1.29 is 14.3 Å². The molecule has 4 heteroatoms. The Balaban J connectivity index is 2.80. The Morgan fingerprint density at radius 1 is 1.57 bits per heavy atom. The number of halogens is 1. The molecule has 1 amide bonds. The number of benzene rings is 1. The summed E-state index contributed by atoms with van der Waals surface area (Å²) >= 11 is 0. The number of hydrogen-bond donors (Lipinski definition) is 2. The number of hydrogen-bond acceptors (Lipinski definition) is 2. The highest BCUT2D eigenvalue weighted by Crippen LogP contribution is 2.19. The maximum absolute atomic E-state index is 12.7. The van der Waals surface area contributed by atoms with E-state index >= 15 is 0 Å². The molecule has 0 saturated carbocycles. The Morgan fingerprint density at radius 3 is 2.93 bits per heavy atom. The standard InChI is InChI=1S/C10H10FNO2/c11-8-4-5-9(13)7(6-8)2-1-3-10(12)14/h1-2,4-6,13H,3H2,(H2,12,14). The van der Waals surface area contributed by atoms with Crippen molar-refractivity contribution in [2.75, 3.05) is 0 Å². The molecule has 74 valence electrons. The van der Waals surface area contributed by atoms with Gasteiger partial charge in [0.25, 0.3) is 0 Å². The zero-order valence-corrected chi connectivity index (χ0v) is 7.40. The Labute approximate surface area is 80.7 Å². The lowest BCUT2D eigenvalue weighted by atomic mass is 10.1. The Kier molecular flexibility index (Phi) is 3.23. The Morgan fingerprint density at radius 2 is 2.29 bits per heavy atom. The van der Waals surface area contributed by atoms with Crippen LogP contribution in [0.5, 0.6) is 5.75 Å². The van der Waals surface area contributed by atoms with Crippen LogP contribution in [0.15, 0.2) is 24.3 Å². The molecule has 0 aliphatic heterocycles. The highest BCUT2D eigenvalue weighted by atomic mass is 19.1. The molecule has 1 rings (SSSR count). The minimum atomic E-state index is -0.475. The number of carbonyl (C=O) groups is 1. The van der Waals surface area contributed by atoms with Gasteiger partial charge in [0.05, 0.1) is 0 Å². The largest absolute Gasteiger partial charge is 0.507 e. The summed E-state index contributed by atoms with van der Waals surface area (Å²) in [5, 5.41) is 9.27. The lowest BCUT2D eigenvalue weighted by Crippen LogP contribution is -2.07. The molecular formula is C10H10FNO2. The van der Waals surface area contributed by atoms with Gasteiger partial charge in [-0.2, -0.15) is 0 Å². The van der Waals surface area contributed by atoms with Gasteiger partial charge in [-0.25, -0.2) is 4.39 Å². The molecule has 1 aromatic carbocycles. The van der Waals surface area contributed by atoms with Gasteiger partial charge in [-0.15, -0.1) is 0 Å². The van der Waals surface area contributed by atoms with Crippen LogP contribution in [-0.2, 0) is 4.79 Å². The molecule has 0 unspecified atom stereocenters. The Bertz CT molecular complexity index is 374. The normalized spacial score (nSPS) is 10.6. The monoisotopic (exact) mass is 195 g/mol. The van der Waals surface area contributed by atoms with Crippen LogP contribution in [0.3, 0.4) is 0 Å². The summed E-state index contributed by atoms with van der Waals surface area (Å²) in [7, 11) is 0. The second kappa shape index (κ2) is 4.41. The lowest BCUT2D eigenvalue weighted by molar-refractivity contribution is -0.117. The van der Waals surface area contributed by atoms with E-state index in [9.17, 15) is 14.3 Å². The van der Waals surface area contributed by atoms with Crippen molar-refractivity contribution in [3.05, 3.63) is 35.7 Å². The van der Waals surface area contributed by atoms with Crippen molar-refractivity contribution >= 4 is 12.0 Å². The molecule has 0 aromatic heterocycles.